The zero-order valence-corrected chi connectivity index (χ0v) is 10.8. The standard InChI is InChI=1S/C7H6O3.C4H4BrNO2/c8-7(10-9)6-4-2-1-3-5-6;5-6-3(7)1-2-4(6)8/h1-5,9H;1-2H2. The van der Waals surface area contributed by atoms with E-state index in [2.05, 4.69) is 21.0 Å². The number of benzene rings is 1. The third-order valence-corrected chi connectivity index (χ3v) is 2.87. The first-order valence-electron chi connectivity index (χ1n) is 4.98. The van der Waals surface area contributed by atoms with Crippen molar-refractivity contribution in [3.63, 3.8) is 0 Å². The Kier molecular flexibility index (Phi) is 5.47. The van der Waals surface area contributed by atoms with Gasteiger partial charge in [0.2, 0.25) is 11.8 Å². The molecule has 1 aromatic carbocycles. The number of carbonyl (C=O) groups excluding carboxylic acids is 3. The molecule has 1 aliphatic heterocycles. The SMILES string of the molecule is O=C(OO)c1ccccc1.O=C1CCC(=O)N1Br. The first kappa shape index (κ1) is 14.3. The molecule has 1 N–H and O–H groups in total. The molecule has 0 unspecified atom stereocenters. The summed E-state index contributed by atoms with van der Waals surface area (Å²) >= 11 is 2.80. The van der Waals surface area contributed by atoms with E-state index in [1.807, 2.05) is 0 Å². The molecule has 1 heterocycles. The van der Waals surface area contributed by atoms with Crippen LogP contribution in [-0.2, 0) is 14.5 Å². The van der Waals surface area contributed by atoms with Crippen LogP contribution >= 0.6 is 16.1 Å². The summed E-state index contributed by atoms with van der Waals surface area (Å²) < 4.78 is 0.979. The van der Waals surface area contributed by atoms with Crippen molar-refractivity contribution in [2.75, 3.05) is 0 Å². The Morgan fingerprint density at radius 2 is 1.67 bits per heavy atom. The van der Waals surface area contributed by atoms with Crippen LogP contribution < -0.4 is 0 Å². The second kappa shape index (κ2) is 6.87. The van der Waals surface area contributed by atoms with E-state index in [-0.39, 0.29) is 11.8 Å². The molecule has 0 saturated carbocycles. The van der Waals surface area contributed by atoms with Crippen LogP contribution in [0, 0.1) is 0 Å². The molecule has 2 amide bonds. The summed E-state index contributed by atoms with van der Waals surface area (Å²) in [7, 11) is 0. The van der Waals surface area contributed by atoms with Gasteiger partial charge in [-0.1, -0.05) is 18.2 Å². The van der Waals surface area contributed by atoms with Crippen LogP contribution in [0.25, 0.3) is 0 Å². The molecule has 1 saturated heterocycles. The highest BCUT2D eigenvalue weighted by molar-refractivity contribution is 9.08. The van der Waals surface area contributed by atoms with Crippen molar-refractivity contribution in [2.45, 2.75) is 12.8 Å². The van der Waals surface area contributed by atoms with Crippen molar-refractivity contribution in [3.8, 4) is 0 Å². The number of imide groups is 1. The molecule has 0 atom stereocenters. The fourth-order valence-electron chi connectivity index (χ4n) is 1.18. The smallest absolute Gasteiger partial charge is 0.296 e. The van der Waals surface area contributed by atoms with Gasteiger partial charge in [-0.25, -0.2) is 8.72 Å². The lowest BCUT2D eigenvalue weighted by Gasteiger charge is -1.97. The summed E-state index contributed by atoms with van der Waals surface area (Å²) in [4.78, 5) is 34.9. The van der Waals surface area contributed by atoms with E-state index in [1.165, 1.54) is 0 Å². The molecule has 6 nitrogen and oxygen atoms in total. The molecular formula is C11H10BrNO5. The van der Waals surface area contributed by atoms with Gasteiger partial charge in [0.1, 0.15) is 0 Å². The first-order chi connectivity index (χ1) is 8.56. The van der Waals surface area contributed by atoms with Crippen molar-refractivity contribution in [2.24, 2.45) is 0 Å². The average molecular weight is 316 g/mol. The van der Waals surface area contributed by atoms with Crippen molar-refractivity contribution < 1.29 is 24.5 Å². The maximum atomic E-state index is 10.5. The number of carbonyl (C=O) groups is 3. The maximum absolute atomic E-state index is 10.5. The number of rotatable bonds is 1. The van der Waals surface area contributed by atoms with Crippen LogP contribution in [0.3, 0.4) is 0 Å². The van der Waals surface area contributed by atoms with Crippen LogP contribution in [0.4, 0.5) is 0 Å². The Balaban J connectivity index is 0.000000184. The third kappa shape index (κ3) is 3.94. The molecular weight excluding hydrogens is 306 g/mol. The van der Waals surface area contributed by atoms with Crippen molar-refractivity contribution in [1.29, 1.82) is 0 Å². The van der Waals surface area contributed by atoms with E-state index in [4.69, 9.17) is 5.26 Å². The maximum Gasteiger partial charge on any atom is 0.372 e. The van der Waals surface area contributed by atoms with E-state index in [0.717, 1.165) is 3.93 Å². The lowest BCUT2D eigenvalue weighted by Crippen LogP contribution is -2.16. The minimum atomic E-state index is -0.736. The molecule has 0 bridgehead atoms. The fourth-order valence-corrected chi connectivity index (χ4v) is 1.53. The Morgan fingerprint density at radius 1 is 1.17 bits per heavy atom. The second-order valence-corrected chi connectivity index (χ2v) is 4.02. The van der Waals surface area contributed by atoms with Gasteiger partial charge < -0.3 is 0 Å². The van der Waals surface area contributed by atoms with E-state index in [9.17, 15) is 14.4 Å². The van der Waals surface area contributed by atoms with Gasteiger partial charge in [-0.05, 0) is 12.1 Å². The van der Waals surface area contributed by atoms with E-state index in [0.29, 0.717) is 18.4 Å². The molecule has 0 radical (unpaired) electrons. The van der Waals surface area contributed by atoms with E-state index >= 15 is 0 Å². The van der Waals surface area contributed by atoms with Crippen LogP contribution in [0.5, 0.6) is 0 Å². The van der Waals surface area contributed by atoms with Gasteiger partial charge in [-0.15, -0.1) is 0 Å². The zero-order valence-electron chi connectivity index (χ0n) is 9.21. The summed E-state index contributed by atoms with van der Waals surface area (Å²) in [6.45, 7) is 0. The average Bonchev–Trinajstić information content (AvgIpc) is 2.71. The Hall–Kier alpha value is -1.73. The number of halogens is 1. The Morgan fingerprint density at radius 3 is 2.00 bits per heavy atom. The van der Waals surface area contributed by atoms with Crippen molar-refractivity contribution in [1.82, 2.24) is 3.93 Å². The second-order valence-electron chi connectivity index (χ2n) is 3.31. The lowest BCUT2D eigenvalue weighted by atomic mass is 10.2. The third-order valence-electron chi connectivity index (χ3n) is 2.08. The lowest BCUT2D eigenvalue weighted by molar-refractivity contribution is -0.182. The van der Waals surface area contributed by atoms with Crippen LogP contribution in [0.1, 0.15) is 23.2 Å². The highest BCUT2D eigenvalue weighted by Crippen LogP contribution is 2.14. The van der Waals surface area contributed by atoms with Crippen molar-refractivity contribution in [3.05, 3.63) is 35.9 Å². The Bertz CT molecular complexity index is 432. The predicted octanol–water partition coefficient (Wildman–Crippen LogP) is 1.76. The minimum Gasteiger partial charge on any atom is -0.296 e. The molecule has 0 aliphatic carbocycles. The number of hydrogen-bond donors (Lipinski definition) is 1. The van der Waals surface area contributed by atoms with Gasteiger partial charge in [-0.3, -0.25) is 14.5 Å². The zero-order chi connectivity index (χ0) is 13.5. The van der Waals surface area contributed by atoms with Crippen LogP contribution in [0.15, 0.2) is 30.3 Å². The molecule has 7 heteroatoms. The molecule has 2 rings (SSSR count). The van der Waals surface area contributed by atoms with Gasteiger partial charge >= 0.3 is 5.97 Å². The van der Waals surface area contributed by atoms with Gasteiger partial charge in [-0.2, -0.15) is 5.26 Å². The fraction of sp³-hybridized carbons (Fsp3) is 0.182. The van der Waals surface area contributed by atoms with Gasteiger partial charge in [0.15, 0.2) is 0 Å². The molecule has 18 heavy (non-hydrogen) atoms. The molecule has 0 spiro atoms. The first-order valence-corrected chi connectivity index (χ1v) is 5.69. The van der Waals surface area contributed by atoms with Gasteiger partial charge in [0, 0.05) is 12.8 Å². The quantitative estimate of drug-likeness (QED) is 0.369. The summed E-state index contributed by atoms with van der Waals surface area (Å²) in [6.07, 6.45) is 0.703. The van der Waals surface area contributed by atoms with Gasteiger partial charge in [0.25, 0.3) is 0 Å². The highest BCUT2D eigenvalue weighted by atomic mass is 79.9. The number of nitrogens with zero attached hydrogens (tertiary/aromatic N) is 1. The summed E-state index contributed by atoms with van der Waals surface area (Å²) in [5, 5.41) is 7.94. The number of hydrogen-bond acceptors (Lipinski definition) is 5. The molecule has 1 fully saturated rings. The van der Waals surface area contributed by atoms with Crippen LogP contribution in [-0.4, -0.2) is 27.0 Å². The van der Waals surface area contributed by atoms with E-state index < -0.39 is 5.97 Å². The summed E-state index contributed by atoms with van der Waals surface area (Å²) in [5.41, 5.74) is 0.338. The molecule has 96 valence electrons. The highest BCUT2D eigenvalue weighted by Gasteiger charge is 2.26. The molecule has 1 aromatic rings. The number of amides is 2. The Labute approximate surface area is 111 Å². The monoisotopic (exact) mass is 315 g/mol. The summed E-state index contributed by atoms with van der Waals surface area (Å²) in [6, 6.07) is 8.25. The minimum absolute atomic E-state index is 0.144. The normalized spacial score (nSPS) is 14.0. The van der Waals surface area contributed by atoms with Crippen LogP contribution in [0.2, 0.25) is 0 Å². The molecule has 0 aromatic heterocycles. The largest absolute Gasteiger partial charge is 0.372 e. The molecule has 1 aliphatic rings. The van der Waals surface area contributed by atoms with E-state index in [1.54, 1.807) is 30.3 Å². The topological polar surface area (TPSA) is 83.9 Å². The van der Waals surface area contributed by atoms with Crippen molar-refractivity contribution >= 4 is 33.9 Å². The summed E-state index contributed by atoms with van der Waals surface area (Å²) in [5.74, 6) is -1.02. The predicted molar refractivity (Wildman–Crippen MR) is 64.5 cm³/mol. The van der Waals surface area contributed by atoms with Gasteiger partial charge in [0.05, 0.1) is 21.7 Å².